The van der Waals surface area contributed by atoms with Gasteiger partial charge in [-0.2, -0.15) is 26.3 Å². The van der Waals surface area contributed by atoms with Crippen LogP contribution in [0.5, 0.6) is 0 Å². The molecule has 1 amide bonds. The summed E-state index contributed by atoms with van der Waals surface area (Å²) >= 11 is 0. The van der Waals surface area contributed by atoms with Crippen LogP contribution in [0.1, 0.15) is 50.9 Å². The van der Waals surface area contributed by atoms with Crippen LogP contribution in [0.15, 0.2) is 72.8 Å². The predicted molar refractivity (Wildman–Crippen MR) is 145 cm³/mol. The van der Waals surface area contributed by atoms with E-state index < -0.39 is 35.0 Å². The topological polar surface area (TPSA) is 26.8 Å². The number of benzene rings is 3. The van der Waals surface area contributed by atoms with Crippen molar-refractivity contribution in [2.24, 2.45) is 0 Å². The fourth-order valence-corrected chi connectivity index (χ4v) is 5.83. The van der Waals surface area contributed by atoms with Gasteiger partial charge in [-0.15, -0.1) is 0 Å². The Bertz CT molecular complexity index is 1320. The number of carbonyl (C=O) groups excluding carboxylic acids is 1. The Morgan fingerprint density at radius 3 is 1.83 bits per heavy atom. The number of anilines is 1. The molecule has 2 aliphatic rings. The number of hydrogen-bond donors (Lipinski definition) is 0. The van der Waals surface area contributed by atoms with Gasteiger partial charge in [-0.1, -0.05) is 42.5 Å². The molecule has 0 spiro atoms. The van der Waals surface area contributed by atoms with Crippen molar-refractivity contribution in [2.75, 3.05) is 51.2 Å². The molecule has 2 aliphatic heterocycles. The molecule has 41 heavy (non-hydrogen) atoms. The summed E-state index contributed by atoms with van der Waals surface area (Å²) in [5.41, 5.74) is -0.429. The molecule has 0 saturated carbocycles. The van der Waals surface area contributed by atoms with Gasteiger partial charge in [-0.05, 0) is 60.8 Å². The standard InChI is InChI=1S/C31H31F6N3O/c1-38-13-15-39(16-14-38)26-9-7-22(8-10-26)27-11-12-40(20-28(27)21-5-3-2-4-6-21)29(41)23-17-24(30(32,33)34)19-25(18-23)31(35,36)37/h2-10,17-19,27-28H,11-16,20H2,1H3. The molecule has 3 aromatic rings. The van der Waals surface area contributed by atoms with Gasteiger partial charge in [0.25, 0.3) is 5.91 Å². The lowest BCUT2D eigenvalue weighted by atomic mass is 9.76. The minimum atomic E-state index is -5.02. The summed E-state index contributed by atoms with van der Waals surface area (Å²) in [5, 5.41) is 0. The highest BCUT2D eigenvalue weighted by atomic mass is 19.4. The fraction of sp³-hybridized carbons (Fsp3) is 0.387. The second-order valence-electron chi connectivity index (χ2n) is 10.8. The average molecular weight is 576 g/mol. The van der Waals surface area contributed by atoms with Crippen LogP contribution >= 0.6 is 0 Å². The van der Waals surface area contributed by atoms with Crippen molar-refractivity contribution in [3.8, 4) is 0 Å². The Labute approximate surface area is 235 Å². The van der Waals surface area contributed by atoms with E-state index >= 15 is 0 Å². The lowest BCUT2D eigenvalue weighted by molar-refractivity contribution is -0.143. The average Bonchev–Trinajstić information content (AvgIpc) is 2.96. The van der Waals surface area contributed by atoms with E-state index in [4.69, 9.17) is 0 Å². The number of likely N-dealkylation sites (N-methyl/N-ethyl adjacent to an activating group) is 1. The van der Waals surface area contributed by atoms with Gasteiger partial charge < -0.3 is 14.7 Å². The maximum atomic E-state index is 13.4. The summed E-state index contributed by atoms with van der Waals surface area (Å²) in [4.78, 5) is 19.4. The van der Waals surface area contributed by atoms with Gasteiger partial charge in [0.15, 0.2) is 0 Å². The number of likely N-dealkylation sites (tertiary alicyclic amines) is 1. The van der Waals surface area contributed by atoms with Crippen LogP contribution in [0.25, 0.3) is 0 Å². The summed E-state index contributed by atoms with van der Waals surface area (Å²) in [6, 6.07) is 19.0. The summed E-state index contributed by atoms with van der Waals surface area (Å²) in [6.07, 6.45) is -9.53. The highest BCUT2D eigenvalue weighted by Crippen LogP contribution is 2.41. The third-order valence-corrected chi connectivity index (χ3v) is 8.15. The molecule has 0 aliphatic carbocycles. The largest absolute Gasteiger partial charge is 0.416 e. The first-order valence-electron chi connectivity index (χ1n) is 13.6. The molecule has 0 aromatic heterocycles. The Morgan fingerprint density at radius 1 is 0.707 bits per heavy atom. The van der Waals surface area contributed by atoms with Gasteiger partial charge in [0.05, 0.1) is 11.1 Å². The van der Waals surface area contributed by atoms with Crippen LogP contribution in [0.4, 0.5) is 32.0 Å². The quantitative estimate of drug-likeness (QED) is 0.317. The lowest BCUT2D eigenvalue weighted by Gasteiger charge is -2.40. The molecular formula is C31H31F6N3O. The number of rotatable bonds is 4. The molecule has 0 N–H and O–H groups in total. The number of carbonyl (C=O) groups is 1. The van der Waals surface area contributed by atoms with Gasteiger partial charge in [0.1, 0.15) is 0 Å². The Balaban J connectivity index is 1.41. The molecule has 3 aromatic carbocycles. The molecule has 2 heterocycles. The molecule has 2 atom stereocenters. The number of piperazine rings is 1. The first-order valence-corrected chi connectivity index (χ1v) is 13.6. The lowest BCUT2D eigenvalue weighted by Crippen LogP contribution is -2.44. The zero-order valence-corrected chi connectivity index (χ0v) is 22.6. The maximum absolute atomic E-state index is 13.4. The van der Waals surface area contributed by atoms with Crippen molar-refractivity contribution in [3.05, 3.63) is 101 Å². The van der Waals surface area contributed by atoms with E-state index in [1.54, 1.807) is 0 Å². The molecule has 218 valence electrons. The Kier molecular flexibility index (Phi) is 8.05. The monoisotopic (exact) mass is 575 g/mol. The molecule has 2 unspecified atom stereocenters. The van der Waals surface area contributed by atoms with E-state index in [1.807, 2.05) is 30.3 Å². The summed E-state index contributed by atoms with van der Waals surface area (Å²) < 4.78 is 80.6. The van der Waals surface area contributed by atoms with Crippen molar-refractivity contribution in [3.63, 3.8) is 0 Å². The third kappa shape index (κ3) is 6.53. The van der Waals surface area contributed by atoms with Crippen molar-refractivity contribution in [1.29, 1.82) is 0 Å². The molecule has 0 radical (unpaired) electrons. The molecular weight excluding hydrogens is 544 g/mol. The minimum absolute atomic E-state index is 0.0234. The van der Waals surface area contributed by atoms with Gasteiger partial charge in [-0.3, -0.25) is 4.79 Å². The Hall–Kier alpha value is -3.53. The highest BCUT2D eigenvalue weighted by molar-refractivity contribution is 5.95. The van der Waals surface area contributed by atoms with Crippen LogP contribution in [0.3, 0.4) is 0 Å². The van der Waals surface area contributed by atoms with Crippen molar-refractivity contribution in [1.82, 2.24) is 9.80 Å². The number of alkyl halides is 6. The van der Waals surface area contributed by atoms with Crippen molar-refractivity contribution in [2.45, 2.75) is 30.6 Å². The molecule has 5 rings (SSSR count). The normalized spacial score (nSPS) is 20.8. The number of nitrogens with zero attached hydrogens (tertiary/aromatic N) is 3. The zero-order valence-electron chi connectivity index (χ0n) is 22.6. The second kappa shape index (κ2) is 11.4. The highest BCUT2D eigenvalue weighted by Gasteiger charge is 2.39. The number of amides is 1. The van der Waals surface area contributed by atoms with E-state index in [2.05, 4.69) is 41.1 Å². The van der Waals surface area contributed by atoms with Crippen LogP contribution in [0, 0.1) is 0 Å². The SMILES string of the molecule is CN1CCN(c2ccc(C3CCN(C(=O)c4cc(C(F)(F)F)cc(C(F)(F)F)c4)CC3c3ccccc3)cc2)CC1. The Morgan fingerprint density at radius 2 is 1.27 bits per heavy atom. The van der Waals surface area contributed by atoms with Gasteiger partial charge in [-0.25, -0.2) is 0 Å². The van der Waals surface area contributed by atoms with E-state index in [-0.39, 0.29) is 31.0 Å². The van der Waals surface area contributed by atoms with E-state index in [1.165, 1.54) is 4.90 Å². The first-order chi connectivity index (χ1) is 19.4. The van der Waals surface area contributed by atoms with E-state index in [0.717, 1.165) is 43.0 Å². The maximum Gasteiger partial charge on any atom is 0.416 e. The minimum Gasteiger partial charge on any atom is -0.369 e. The van der Waals surface area contributed by atoms with Gasteiger partial charge in [0, 0.05) is 56.4 Å². The van der Waals surface area contributed by atoms with E-state index in [0.29, 0.717) is 18.6 Å². The van der Waals surface area contributed by atoms with Crippen LogP contribution in [0.2, 0.25) is 0 Å². The van der Waals surface area contributed by atoms with Crippen LogP contribution in [-0.4, -0.2) is 62.0 Å². The summed E-state index contributed by atoms with van der Waals surface area (Å²) in [5.74, 6) is -1.00. The van der Waals surface area contributed by atoms with Crippen LogP contribution in [-0.2, 0) is 12.4 Å². The smallest absolute Gasteiger partial charge is 0.369 e. The van der Waals surface area contributed by atoms with Crippen molar-refractivity contribution < 1.29 is 31.1 Å². The first kappa shape index (κ1) is 29.0. The van der Waals surface area contributed by atoms with E-state index in [9.17, 15) is 31.1 Å². The third-order valence-electron chi connectivity index (χ3n) is 8.15. The van der Waals surface area contributed by atoms with Crippen molar-refractivity contribution >= 4 is 11.6 Å². The zero-order chi connectivity index (χ0) is 29.4. The summed E-state index contributed by atoms with van der Waals surface area (Å²) in [7, 11) is 2.10. The molecule has 10 heteroatoms. The molecule has 4 nitrogen and oxygen atoms in total. The van der Waals surface area contributed by atoms with Gasteiger partial charge in [0.2, 0.25) is 0 Å². The predicted octanol–water partition coefficient (Wildman–Crippen LogP) is 6.89. The summed E-state index contributed by atoms with van der Waals surface area (Å²) in [6.45, 7) is 4.24. The fourth-order valence-electron chi connectivity index (χ4n) is 5.83. The molecule has 2 fully saturated rings. The molecule has 0 bridgehead atoms. The number of piperidine rings is 1. The number of hydrogen-bond acceptors (Lipinski definition) is 3. The van der Waals surface area contributed by atoms with Gasteiger partial charge >= 0.3 is 12.4 Å². The molecule has 2 saturated heterocycles. The second-order valence-corrected chi connectivity index (χ2v) is 10.8. The van der Waals surface area contributed by atoms with Crippen LogP contribution < -0.4 is 4.90 Å². The number of halogens is 6.